The lowest BCUT2D eigenvalue weighted by Crippen LogP contribution is -1.92. The van der Waals surface area contributed by atoms with Crippen molar-refractivity contribution in [2.75, 3.05) is 0 Å². The van der Waals surface area contributed by atoms with E-state index in [1.165, 1.54) is 6.42 Å². The first-order valence-corrected chi connectivity index (χ1v) is 3.81. The molecule has 0 radical (unpaired) electrons. The van der Waals surface area contributed by atoms with E-state index in [1.54, 1.807) is 6.33 Å². The van der Waals surface area contributed by atoms with E-state index in [4.69, 9.17) is 12.2 Å². The van der Waals surface area contributed by atoms with E-state index in [0.717, 1.165) is 10.7 Å². The van der Waals surface area contributed by atoms with Crippen LogP contribution in [0.5, 0.6) is 0 Å². The second-order valence-electron chi connectivity index (χ2n) is 2.85. The fraction of sp³-hybridized carbons (Fsp3) is 0.667. The van der Waals surface area contributed by atoms with E-state index in [-0.39, 0.29) is 0 Å². The van der Waals surface area contributed by atoms with Crippen LogP contribution in [0.3, 0.4) is 0 Å². The number of aromatic amines is 1. The first-order valence-electron chi connectivity index (χ1n) is 3.40. The summed E-state index contributed by atoms with van der Waals surface area (Å²) < 4.78 is 2.77. The number of aromatic nitrogens is 3. The number of hydrogen-bond donors (Lipinski definition) is 1. The van der Waals surface area contributed by atoms with Crippen LogP contribution in [0, 0.1) is 10.7 Å². The van der Waals surface area contributed by atoms with Gasteiger partial charge in [-0.2, -0.15) is 5.10 Å². The zero-order chi connectivity index (χ0) is 7.14. The Morgan fingerprint density at radius 3 is 3.00 bits per heavy atom. The molecule has 0 bridgehead atoms. The molecular weight excluding hydrogens is 146 g/mol. The summed E-state index contributed by atoms with van der Waals surface area (Å²) in [6, 6.07) is 0.617. The summed E-state index contributed by atoms with van der Waals surface area (Å²) in [4.78, 5) is 0. The van der Waals surface area contributed by atoms with Crippen molar-refractivity contribution >= 4 is 12.2 Å². The number of hydrogen-bond acceptors (Lipinski definition) is 2. The molecule has 0 saturated heterocycles. The smallest absolute Gasteiger partial charge is 0.195 e. The Bertz CT molecular complexity index is 287. The first-order chi connectivity index (χ1) is 4.79. The Morgan fingerprint density at radius 2 is 2.60 bits per heavy atom. The van der Waals surface area contributed by atoms with Crippen molar-refractivity contribution in [1.29, 1.82) is 0 Å². The molecule has 1 saturated carbocycles. The van der Waals surface area contributed by atoms with Gasteiger partial charge in [0, 0.05) is 6.04 Å². The molecule has 1 aromatic heterocycles. The summed E-state index contributed by atoms with van der Waals surface area (Å²) in [5, 5.41) is 6.59. The highest BCUT2D eigenvalue weighted by Gasteiger charge is 2.34. The van der Waals surface area contributed by atoms with Gasteiger partial charge in [0.05, 0.1) is 0 Å². The fourth-order valence-corrected chi connectivity index (χ4v) is 1.42. The second-order valence-corrected chi connectivity index (χ2v) is 3.24. The predicted octanol–water partition coefficient (Wildman–Crippen LogP) is 1.52. The summed E-state index contributed by atoms with van der Waals surface area (Å²) in [6.45, 7) is 2.22. The Balaban J connectivity index is 2.35. The van der Waals surface area contributed by atoms with Crippen LogP contribution in [0.1, 0.15) is 19.4 Å². The van der Waals surface area contributed by atoms with Gasteiger partial charge in [0.1, 0.15) is 6.33 Å². The van der Waals surface area contributed by atoms with Crippen LogP contribution in [0.4, 0.5) is 0 Å². The van der Waals surface area contributed by atoms with Crippen LogP contribution in [-0.2, 0) is 0 Å². The average molecular weight is 155 g/mol. The molecule has 2 unspecified atom stereocenters. The zero-order valence-electron chi connectivity index (χ0n) is 5.74. The maximum Gasteiger partial charge on any atom is 0.195 e. The van der Waals surface area contributed by atoms with Gasteiger partial charge in [0.15, 0.2) is 4.77 Å². The molecule has 0 amide bonds. The third-order valence-electron chi connectivity index (χ3n) is 2.00. The van der Waals surface area contributed by atoms with E-state index in [1.807, 2.05) is 4.57 Å². The van der Waals surface area contributed by atoms with Crippen LogP contribution >= 0.6 is 12.2 Å². The molecule has 1 aliphatic carbocycles. The molecule has 54 valence electrons. The highest BCUT2D eigenvalue weighted by molar-refractivity contribution is 7.71. The molecule has 10 heavy (non-hydrogen) atoms. The van der Waals surface area contributed by atoms with Gasteiger partial charge in [0.2, 0.25) is 0 Å². The van der Waals surface area contributed by atoms with Crippen molar-refractivity contribution in [1.82, 2.24) is 14.8 Å². The third-order valence-corrected chi connectivity index (χ3v) is 2.30. The van der Waals surface area contributed by atoms with Crippen molar-refractivity contribution in [2.45, 2.75) is 19.4 Å². The summed E-state index contributed by atoms with van der Waals surface area (Å²) in [7, 11) is 0. The molecule has 1 aromatic rings. The maximum atomic E-state index is 5.00. The van der Waals surface area contributed by atoms with E-state index in [0.29, 0.717) is 6.04 Å². The number of nitrogens with one attached hydrogen (secondary N) is 1. The topological polar surface area (TPSA) is 33.6 Å². The Morgan fingerprint density at radius 1 is 1.90 bits per heavy atom. The van der Waals surface area contributed by atoms with E-state index in [2.05, 4.69) is 17.1 Å². The molecule has 0 aromatic carbocycles. The Hall–Kier alpha value is -0.640. The summed E-state index contributed by atoms with van der Waals surface area (Å²) >= 11 is 5.00. The van der Waals surface area contributed by atoms with Crippen molar-refractivity contribution in [2.24, 2.45) is 5.92 Å². The van der Waals surface area contributed by atoms with Gasteiger partial charge >= 0.3 is 0 Å². The zero-order valence-corrected chi connectivity index (χ0v) is 6.56. The van der Waals surface area contributed by atoms with Crippen molar-refractivity contribution in [3.8, 4) is 0 Å². The van der Waals surface area contributed by atoms with Crippen LogP contribution in [-0.4, -0.2) is 14.8 Å². The van der Waals surface area contributed by atoms with E-state index >= 15 is 0 Å². The van der Waals surface area contributed by atoms with Crippen molar-refractivity contribution in [3.05, 3.63) is 11.1 Å². The molecule has 3 nitrogen and oxygen atoms in total. The van der Waals surface area contributed by atoms with Gasteiger partial charge < -0.3 is 4.57 Å². The van der Waals surface area contributed by atoms with Crippen molar-refractivity contribution < 1.29 is 0 Å². The normalized spacial score (nSPS) is 30.5. The fourth-order valence-electron chi connectivity index (χ4n) is 1.18. The molecule has 2 atom stereocenters. The molecule has 0 aliphatic heterocycles. The molecule has 2 rings (SSSR count). The lowest BCUT2D eigenvalue weighted by molar-refractivity contribution is 0.674. The lowest BCUT2D eigenvalue weighted by Gasteiger charge is -1.93. The lowest BCUT2D eigenvalue weighted by atomic mass is 10.5. The van der Waals surface area contributed by atoms with E-state index in [9.17, 15) is 0 Å². The molecule has 1 fully saturated rings. The number of nitrogens with zero attached hydrogens (tertiary/aromatic N) is 2. The minimum Gasteiger partial charge on any atom is -0.303 e. The standard InChI is InChI=1S/C6H9N3S/c1-4-2-5(4)9-3-7-8-6(9)10/h3-5H,2H2,1H3,(H,8,10). The van der Waals surface area contributed by atoms with Crippen LogP contribution < -0.4 is 0 Å². The Kier molecular flexibility index (Phi) is 1.17. The highest BCUT2D eigenvalue weighted by Crippen LogP contribution is 2.42. The molecule has 0 spiro atoms. The molecular formula is C6H9N3S. The van der Waals surface area contributed by atoms with Crippen LogP contribution in [0.25, 0.3) is 0 Å². The van der Waals surface area contributed by atoms with E-state index < -0.39 is 0 Å². The number of H-pyrrole nitrogens is 1. The third kappa shape index (κ3) is 0.794. The molecule has 1 aliphatic rings. The van der Waals surface area contributed by atoms with Gasteiger partial charge in [-0.1, -0.05) is 6.92 Å². The Labute approximate surface area is 64.1 Å². The minimum atomic E-state index is 0.617. The summed E-state index contributed by atoms with van der Waals surface area (Å²) in [6.07, 6.45) is 3.02. The van der Waals surface area contributed by atoms with Gasteiger partial charge in [-0.15, -0.1) is 0 Å². The van der Waals surface area contributed by atoms with Gasteiger partial charge in [0.25, 0.3) is 0 Å². The average Bonchev–Trinajstić information content (AvgIpc) is 2.42. The van der Waals surface area contributed by atoms with Crippen molar-refractivity contribution in [3.63, 3.8) is 0 Å². The minimum absolute atomic E-state index is 0.617. The monoisotopic (exact) mass is 155 g/mol. The molecule has 1 N–H and O–H groups in total. The van der Waals surface area contributed by atoms with Crippen LogP contribution in [0.2, 0.25) is 0 Å². The first kappa shape index (κ1) is 6.09. The summed E-state index contributed by atoms with van der Waals surface area (Å²) in [5.41, 5.74) is 0. The van der Waals surface area contributed by atoms with Gasteiger partial charge in [-0.05, 0) is 24.6 Å². The molecule has 1 heterocycles. The maximum absolute atomic E-state index is 5.00. The quantitative estimate of drug-likeness (QED) is 0.624. The number of rotatable bonds is 1. The van der Waals surface area contributed by atoms with Crippen LogP contribution in [0.15, 0.2) is 6.33 Å². The second kappa shape index (κ2) is 1.92. The van der Waals surface area contributed by atoms with Gasteiger partial charge in [-0.25, -0.2) is 0 Å². The summed E-state index contributed by atoms with van der Waals surface area (Å²) in [5.74, 6) is 0.782. The largest absolute Gasteiger partial charge is 0.303 e. The van der Waals surface area contributed by atoms with Gasteiger partial charge in [-0.3, -0.25) is 5.10 Å². The molecule has 4 heteroatoms. The SMILES string of the molecule is CC1CC1n1cn[nH]c1=S. The predicted molar refractivity (Wildman–Crippen MR) is 40.2 cm³/mol. The highest BCUT2D eigenvalue weighted by atomic mass is 32.1.